The van der Waals surface area contributed by atoms with Crippen LogP contribution in [-0.2, 0) is 0 Å². The first kappa shape index (κ1) is 9.01. The highest BCUT2D eigenvalue weighted by molar-refractivity contribution is 5.26. The molecule has 1 heteroatoms. The van der Waals surface area contributed by atoms with Gasteiger partial charge in [0, 0.05) is 5.92 Å². The first-order valence-electron chi connectivity index (χ1n) is 4.08. The van der Waals surface area contributed by atoms with Crippen LogP contribution < -0.4 is 0 Å². The van der Waals surface area contributed by atoms with Crippen molar-refractivity contribution in [2.45, 2.75) is 12.8 Å². The number of hydrogen-bond donors (Lipinski definition) is 1. The van der Waals surface area contributed by atoms with E-state index in [-0.39, 0.29) is 12.5 Å². The van der Waals surface area contributed by atoms with E-state index in [9.17, 15) is 0 Å². The summed E-state index contributed by atoms with van der Waals surface area (Å²) >= 11 is 0. The summed E-state index contributed by atoms with van der Waals surface area (Å²) in [5, 5.41) is 8.98. The van der Waals surface area contributed by atoms with Crippen LogP contribution in [-0.4, -0.2) is 11.7 Å². The smallest absolute Gasteiger partial charge is 0.0534 e. The minimum Gasteiger partial charge on any atom is -0.395 e. The van der Waals surface area contributed by atoms with Gasteiger partial charge in [-0.3, -0.25) is 0 Å². The van der Waals surface area contributed by atoms with Crippen molar-refractivity contribution in [1.82, 2.24) is 0 Å². The Morgan fingerprint density at radius 3 is 2.42 bits per heavy atom. The van der Waals surface area contributed by atoms with E-state index >= 15 is 0 Å². The molecule has 0 radical (unpaired) electrons. The quantitative estimate of drug-likeness (QED) is 0.676. The first-order valence-corrected chi connectivity index (χ1v) is 4.08. The van der Waals surface area contributed by atoms with Crippen molar-refractivity contribution in [3.8, 4) is 0 Å². The van der Waals surface area contributed by atoms with E-state index in [0.717, 1.165) is 5.56 Å². The normalized spacial score (nSPS) is 12.5. The Labute approximate surface area is 73.4 Å². The number of aliphatic hydroxyl groups excluding tert-OH is 1. The summed E-state index contributed by atoms with van der Waals surface area (Å²) in [4.78, 5) is 0. The zero-order valence-corrected chi connectivity index (χ0v) is 7.33. The van der Waals surface area contributed by atoms with Gasteiger partial charge in [-0.15, -0.1) is 6.58 Å². The number of rotatable bonds is 3. The van der Waals surface area contributed by atoms with Crippen LogP contribution in [0.15, 0.2) is 36.9 Å². The van der Waals surface area contributed by atoms with Gasteiger partial charge in [0.15, 0.2) is 0 Å². The van der Waals surface area contributed by atoms with Crippen molar-refractivity contribution in [2.75, 3.05) is 6.61 Å². The molecular formula is C11H14O. The van der Waals surface area contributed by atoms with Crippen molar-refractivity contribution in [3.63, 3.8) is 0 Å². The molecule has 1 aromatic carbocycles. The van der Waals surface area contributed by atoms with Gasteiger partial charge in [-0.05, 0) is 12.5 Å². The van der Waals surface area contributed by atoms with Crippen LogP contribution in [0.4, 0.5) is 0 Å². The fraction of sp³-hybridized carbons (Fsp3) is 0.273. The molecule has 0 aliphatic rings. The van der Waals surface area contributed by atoms with Crippen LogP contribution in [0.3, 0.4) is 0 Å². The molecule has 0 bridgehead atoms. The predicted molar refractivity (Wildman–Crippen MR) is 51.2 cm³/mol. The molecule has 0 fully saturated rings. The van der Waals surface area contributed by atoms with Gasteiger partial charge in [0.2, 0.25) is 0 Å². The molecule has 0 aromatic heterocycles. The van der Waals surface area contributed by atoms with Gasteiger partial charge in [-0.1, -0.05) is 35.9 Å². The summed E-state index contributed by atoms with van der Waals surface area (Å²) in [5.74, 6) is 0.0746. The predicted octanol–water partition coefficient (Wildman–Crippen LogP) is 2.26. The second-order valence-electron chi connectivity index (χ2n) is 2.94. The van der Waals surface area contributed by atoms with Gasteiger partial charge in [0.1, 0.15) is 0 Å². The molecule has 0 saturated carbocycles. The summed E-state index contributed by atoms with van der Waals surface area (Å²) < 4.78 is 0. The topological polar surface area (TPSA) is 20.2 Å². The van der Waals surface area contributed by atoms with Crippen LogP contribution in [0.1, 0.15) is 17.0 Å². The van der Waals surface area contributed by atoms with Gasteiger partial charge >= 0.3 is 0 Å². The molecule has 0 heterocycles. The van der Waals surface area contributed by atoms with Gasteiger partial charge in [0.25, 0.3) is 0 Å². The van der Waals surface area contributed by atoms with Gasteiger partial charge in [0.05, 0.1) is 6.61 Å². The van der Waals surface area contributed by atoms with Crippen molar-refractivity contribution in [2.24, 2.45) is 0 Å². The van der Waals surface area contributed by atoms with E-state index in [0.29, 0.717) is 0 Å². The largest absolute Gasteiger partial charge is 0.395 e. The monoisotopic (exact) mass is 162 g/mol. The Hall–Kier alpha value is -1.08. The van der Waals surface area contributed by atoms with E-state index < -0.39 is 0 Å². The average Bonchev–Trinajstić information content (AvgIpc) is 2.10. The molecule has 0 aliphatic carbocycles. The molecule has 64 valence electrons. The second-order valence-corrected chi connectivity index (χ2v) is 2.94. The number of hydrogen-bond acceptors (Lipinski definition) is 1. The van der Waals surface area contributed by atoms with E-state index in [1.54, 1.807) is 6.08 Å². The van der Waals surface area contributed by atoms with E-state index in [1.807, 2.05) is 31.2 Å². The molecule has 0 unspecified atom stereocenters. The molecule has 1 N–H and O–H groups in total. The Balaban J connectivity index is 2.87. The molecule has 0 saturated heterocycles. The van der Waals surface area contributed by atoms with Crippen molar-refractivity contribution >= 4 is 0 Å². The van der Waals surface area contributed by atoms with Gasteiger partial charge in [-0.25, -0.2) is 0 Å². The molecule has 1 nitrogen and oxygen atoms in total. The standard InChI is InChI=1S/C11H14O/c1-3-10(8-12)11-6-4-9(2)5-7-11/h3-7,10,12H,1,8H2,2H3/t10-/m0/s1. The van der Waals surface area contributed by atoms with Crippen LogP contribution in [0, 0.1) is 6.92 Å². The molecule has 1 atom stereocenters. The number of aryl methyl sites for hydroxylation is 1. The fourth-order valence-electron chi connectivity index (χ4n) is 1.13. The van der Waals surface area contributed by atoms with Crippen molar-refractivity contribution < 1.29 is 5.11 Å². The lowest BCUT2D eigenvalue weighted by Crippen LogP contribution is -1.99. The molecule has 0 spiro atoms. The first-order chi connectivity index (χ1) is 5.77. The maximum atomic E-state index is 8.98. The zero-order chi connectivity index (χ0) is 8.97. The average molecular weight is 162 g/mol. The zero-order valence-electron chi connectivity index (χ0n) is 7.33. The van der Waals surface area contributed by atoms with Crippen molar-refractivity contribution in [1.29, 1.82) is 0 Å². The summed E-state index contributed by atoms with van der Waals surface area (Å²) in [6, 6.07) is 8.14. The lowest BCUT2D eigenvalue weighted by Gasteiger charge is -2.08. The van der Waals surface area contributed by atoms with E-state index in [1.165, 1.54) is 5.56 Å². The lowest BCUT2D eigenvalue weighted by atomic mass is 9.99. The number of benzene rings is 1. The summed E-state index contributed by atoms with van der Waals surface area (Å²) in [5.41, 5.74) is 2.36. The van der Waals surface area contributed by atoms with Gasteiger partial charge in [-0.2, -0.15) is 0 Å². The number of aliphatic hydroxyl groups is 1. The highest BCUT2D eigenvalue weighted by Crippen LogP contribution is 2.16. The Kier molecular flexibility index (Phi) is 3.06. The third-order valence-corrected chi connectivity index (χ3v) is 1.99. The minimum atomic E-state index is 0.0746. The Morgan fingerprint density at radius 2 is 2.00 bits per heavy atom. The SMILES string of the molecule is C=C[C@@H](CO)c1ccc(C)cc1. The molecule has 12 heavy (non-hydrogen) atoms. The molecule has 0 aliphatic heterocycles. The lowest BCUT2D eigenvalue weighted by molar-refractivity contribution is 0.283. The highest BCUT2D eigenvalue weighted by atomic mass is 16.3. The van der Waals surface area contributed by atoms with E-state index in [2.05, 4.69) is 6.58 Å². The summed E-state index contributed by atoms with van der Waals surface area (Å²) in [6.07, 6.45) is 1.77. The van der Waals surface area contributed by atoms with Crippen LogP contribution >= 0.6 is 0 Å². The minimum absolute atomic E-state index is 0.0746. The van der Waals surface area contributed by atoms with Crippen LogP contribution in [0.25, 0.3) is 0 Å². The van der Waals surface area contributed by atoms with Gasteiger partial charge < -0.3 is 5.11 Å². The van der Waals surface area contributed by atoms with E-state index in [4.69, 9.17) is 5.11 Å². The summed E-state index contributed by atoms with van der Waals surface area (Å²) in [6.45, 7) is 5.85. The maximum absolute atomic E-state index is 8.98. The summed E-state index contributed by atoms with van der Waals surface area (Å²) in [7, 11) is 0. The Morgan fingerprint density at radius 1 is 1.42 bits per heavy atom. The third-order valence-electron chi connectivity index (χ3n) is 1.99. The Bertz CT molecular complexity index is 248. The molecule has 1 aromatic rings. The molecular weight excluding hydrogens is 148 g/mol. The molecule has 1 rings (SSSR count). The highest BCUT2D eigenvalue weighted by Gasteiger charge is 2.03. The molecule has 0 amide bonds. The third kappa shape index (κ3) is 1.95. The van der Waals surface area contributed by atoms with Crippen LogP contribution in [0.5, 0.6) is 0 Å². The fourth-order valence-corrected chi connectivity index (χ4v) is 1.13. The second kappa shape index (κ2) is 4.07. The van der Waals surface area contributed by atoms with Crippen LogP contribution in [0.2, 0.25) is 0 Å². The van der Waals surface area contributed by atoms with Crippen molar-refractivity contribution in [3.05, 3.63) is 48.0 Å². The maximum Gasteiger partial charge on any atom is 0.0534 e.